The van der Waals surface area contributed by atoms with Crippen molar-refractivity contribution < 1.29 is 28.0 Å². The molecule has 2 aromatic rings. The van der Waals surface area contributed by atoms with E-state index >= 15 is 0 Å². The van der Waals surface area contributed by atoms with Gasteiger partial charge in [-0.15, -0.1) is 0 Å². The lowest BCUT2D eigenvalue weighted by molar-refractivity contribution is -0.152. The van der Waals surface area contributed by atoms with Crippen molar-refractivity contribution in [2.45, 2.75) is 24.2 Å². The fourth-order valence-corrected chi connectivity index (χ4v) is 5.59. The van der Waals surface area contributed by atoms with Crippen LogP contribution < -0.4 is 0 Å². The number of fused-ring (bicyclic) bond motifs is 5. The van der Waals surface area contributed by atoms with Crippen LogP contribution >= 0.6 is 0 Å². The molecule has 6 heterocycles. The van der Waals surface area contributed by atoms with Gasteiger partial charge in [-0.2, -0.15) is 0 Å². The van der Waals surface area contributed by atoms with Gasteiger partial charge in [-0.25, -0.2) is 10.0 Å². The molecule has 0 unspecified atom stereocenters. The standard InChI is InChI=1S/C20H18N4O6/c1-21-17(25)11-13(9-5-3-7-29-9)24-16-12(18(26)22(2)20(16)28)14(10-6-4-8-30-10)23(24)15(11)19(21)27/h3-8,11-16H,1-2H3/t11-,12-,13+,14+,15+,16+/m0/s1. The van der Waals surface area contributed by atoms with Gasteiger partial charge in [-0.3, -0.25) is 29.0 Å². The van der Waals surface area contributed by atoms with E-state index in [2.05, 4.69) is 0 Å². The van der Waals surface area contributed by atoms with Crippen molar-refractivity contribution in [1.82, 2.24) is 19.8 Å². The number of amides is 4. The number of likely N-dealkylation sites (tertiary alicyclic amines) is 2. The molecule has 10 heteroatoms. The zero-order chi connectivity index (χ0) is 20.9. The van der Waals surface area contributed by atoms with E-state index in [0.717, 1.165) is 9.80 Å². The van der Waals surface area contributed by atoms with E-state index in [9.17, 15) is 19.2 Å². The lowest BCUT2D eigenvalue weighted by Crippen LogP contribution is -2.49. The number of imide groups is 2. The van der Waals surface area contributed by atoms with E-state index in [-0.39, 0.29) is 23.6 Å². The molecule has 0 radical (unpaired) electrons. The molecule has 0 spiro atoms. The molecule has 0 aliphatic carbocycles. The van der Waals surface area contributed by atoms with Crippen LogP contribution in [0.25, 0.3) is 0 Å². The number of likely N-dealkylation sites (N-methyl/N-ethyl adjacent to an activating group) is 2. The molecule has 2 aromatic heterocycles. The number of hydrogen-bond acceptors (Lipinski definition) is 8. The summed E-state index contributed by atoms with van der Waals surface area (Å²) in [6, 6.07) is 3.80. The van der Waals surface area contributed by atoms with Gasteiger partial charge in [0.2, 0.25) is 23.6 Å². The SMILES string of the molecule is CN1C(=O)[C@H]2[C@@H](c3ccco3)N3[C@H]4C(=O)N(C)C(=O)[C@H]4[C@@H](c4ccco4)N3[C@H]2C1=O. The maximum atomic E-state index is 13.1. The Labute approximate surface area is 170 Å². The van der Waals surface area contributed by atoms with Crippen molar-refractivity contribution in [2.75, 3.05) is 14.1 Å². The molecule has 4 aliphatic heterocycles. The molecule has 30 heavy (non-hydrogen) atoms. The van der Waals surface area contributed by atoms with E-state index in [1.807, 2.05) is 0 Å². The smallest absolute Gasteiger partial charge is 0.248 e. The van der Waals surface area contributed by atoms with E-state index in [1.165, 1.54) is 26.6 Å². The van der Waals surface area contributed by atoms with Crippen LogP contribution in [0.5, 0.6) is 0 Å². The summed E-state index contributed by atoms with van der Waals surface area (Å²) in [5.41, 5.74) is 0. The zero-order valence-corrected chi connectivity index (χ0v) is 16.2. The van der Waals surface area contributed by atoms with Crippen LogP contribution in [-0.4, -0.2) is 69.6 Å². The van der Waals surface area contributed by atoms with Crippen LogP contribution in [0.1, 0.15) is 23.6 Å². The Morgan fingerprint density at radius 3 is 1.37 bits per heavy atom. The topological polar surface area (TPSA) is 108 Å². The molecular formula is C20H18N4O6. The highest BCUT2D eigenvalue weighted by Crippen LogP contribution is 2.58. The van der Waals surface area contributed by atoms with E-state index in [0.29, 0.717) is 11.5 Å². The number of carbonyl (C=O) groups is 4. The number of hydrogen-bond donors (Lipinski definition) is 0. The summed E-state index contributed by atoms with van der Waals surface area (Å²) in [5.74, 6) is -1.96. The van der Waals surface area contributed by atoms with Crippen molar-refractivity contribution in [3.8, 4) is 0 Å². The highest BCUT2D eigenvalue weighted by atomic mass is 16.3. The third-order valence-corrected chi connectivity index (χ3v) is 6.84. The number of hydrazine groups is 1. The maximum Gasteiger partial charge on any atom is 0.248 e. The van der Waals surface area contributed by atoms with Crippen molar-refractivity contribution in [3.63, 3.8) is 0 Å². The summed E-state index contributed by atoms with van der Waals surface area (Å²) < 4.78 is 11.3. The Morgan fingerprint density at radius 2 is 1.03 bits per heavy atom. The predicted molar refractivity (Wildman–Crippen MR) is 96.7 cm³/mol. The average Bonchev–Trinajstić information content (AvgIpc) is 3.54. The average molecular weight is 410 g/mol. The van der Waals surface area contributed by atoms with Crippen LogP contribution in [0.2, 0.25) is 0 Å². The second kappa shape index (κ2) is 5.67. The van der Waals surface area contributed by atoms with Crippen molar-refractivity contribution in [3.05, 3.63) is 48.3 Å². The number of rotatable bonds is 2. The van der Waals surface area contributed by atoms with Crippen LogP contribution in [0.15, 0.2) is 45.6 Å². The van der Waals surface area contributed by atoms with Gasteiger partial charge in [-0.05, 0) is 24.3 Å². The summed E-state index contributed by atoms with van der Waals surface area (Å²) in [4.78, 5) is 54.6. The first kappa shape index (κ1) is 17.6. The monoisotopic (exact) mass is 410 g/mol. The third kappa shape index (κ3) is 1.86. The van der Waals surface area contributed by atoms with Gasteiger partial charge < -0.3 is 8.83 Å². The van der Waals surface area contributed by atoms with Gasteiger partial charge in [0.25, 0.3) is 0 Å². The Bertz CT molecular complexity index is 993. The summed E-state index contributed by atoms with van der Waals surface area (Å²) in [5, 5.41) is 3.44. The molecular weight excluding hydrogens is 392 g/mol. The molecule has 4 aliphatic rings. The van der Waals surface area contributed by atoms with Crippen LogP contribution in [0.4, 0.5) is 0 Å². The maximum absolute atomic E-state index is 13.1. The van der Waals surface area contributed by atoms with Crippen LogP contribution in [0.3, 0.4) is 0 Å². The second-order valence-corrected chi connectivity index (χ2v) is 8.09. The quantitative estimate of drug-likeness (QED) is 0.645. The van der Waals surface area contributed by atoms with Gasteiger partial charge >= 0.3 is 0 Å². The Morgan fingerprint density at radius 1 is 0.633 bits per heavy atom. The fourth-order valence-electron chi connectivity index (χ4n) is 5.59. The minimum absolute atomic E-state index is 0.333. The molecule has 0 N–H and O–H groups in total. The predicted octanol–water partition coefficient (Wildman–Crippen LogP) is 0.168. The van der Waals surface area contributed by atoms with Gasteiger partial charge in [0.1, 0.15) is 23.6 Å². The Balaban J connectivity index is 1.59. The number of furan rings is 2. The highest BCUT2D eigenvalue weighted by molar-refractivity contribution is 6.10. The van der Waals surface area contributed by atoms with Crippen molar-refractivity contribution >= 4 is 23.6 Å². The molecule has 0 bridgehead atoms. The van der Waals surface area contributed by atoms with Crippen molar-refractivity contribution in [1.29, 1.82) is 0 Å². The van der Waals surface area contributed by atoms with E-state index < -0.39 is 36.0 Å². The van der Waals surface area contributed by atoms with Gasteiger partial charge in [0.15, 0.2) is 0 Å². The normalized spacial score (nSPS) is 36.2. The van der Waals surface area contributed by atoms with E-state index in [4.69, 9.17) is 8.83 Å². The first-order valence-electron chi connectivity index (χ1n) is 9.69. The molecule has 0 aromatic carbocycles. The molecule has 6 atom stereocenters. The van der Waals surface area contributed by atoms with Crippen molar-refractivity contribution in [2.24, 2.45) is 11.8 Å². The molecule has 4 fully saturated rings. The third-order valence-electron chi connectivity index (χ3n) is 6.84. The Hall–Kier alpha value is -3.24. The fraction of sp³-hybridized carbons (Fsp3) is 0.400. The summed E-state index contributed by atoms with van der Waals surface area (Å²) in [6.07, 6.45) is 2.98. The lowest BCUT2D eigenvalue weighted by atomic mass is 9.87. The summed E-state index contributed by atoms with van der Waals surface area (Å²) >= 11 is 0. The minimum atomic E-state index is -0.843. The van der Waals surface area contributed by atoms with Crippen LogP contribution in [-0.2, 0) is 19.2 Å². The molecule has 10 nitrogen and oxygen atoms in total. The van der Waals surface area contributed by atoms with Gasteiger partial charge in [0, 0.05) is 14.1 Å². The summed E-state index contributed by atoms with van der Waals surface area (Å²) in [7, 11) is 2.91. The molecule has 154 valence electrons. The molecule has 4 amide bonds. The largest absolute Gasteiger partial charge is 0.468 e. The van der Waals surface area contributed by atoms with Crippen LogP contribution in [0, 0.1) is 11.8 Å². The Kier molecular flexibility index (Phi) is 3.33. The first-order chi connectivity index (χ1) is 14.4. The minimum Gasteiger partial charge on any atom is -0.468 e. The molecule has 6 rings (SSSR count). The number of nitrogens with zero attached hydrogens (tertiary/aromatic N) is 4. The van der Waals surface area contributed by atoms with Gasteiger partial charge in [0.05, 0.1) is 36.4 Å². The summed E-state index contributed by atoms with van der Waals surface area (Å²) in [6.45, 7) is 0. The number of carbonyl (C=O) groups excluding carboxylic acids is 4. The zero-order valence-electron chi connectivity index (χ0n) is 16.2. The highest BCUT2D eigenvalue weighted by Gasteiger charge is 2.73. The lowest BCUT2D eigenvalue weighted by Gasteiger charge is -2.33. The first-order valence-corrected chi connectivity index (χ1v) is 9.69. The van der Waals surface area contributed by atoms with Gasteiger partial charge in [-0.1, -0.05) is 0 Å². The molecule has 4 saturated heterocycles. The molecule has 0 saturated carbocycles. The van der Waals surface area contributed by atoms with E-state index in [1.54, 1.807) is 34.3 Å². The second-order valence-electron chi connectivity index (χ2n) is 8.09.